The molecule has 0 aliphatic heterocycles. The normalized spacial score (nSPS) is 17.3. The lowest BCUT2D eigenvalue weighted by Crippen LogP contribution is -2.40. The van der Waals surface area contributed by atoms with E-state index in [1.54, 1.807) is 0 Å². The van der Waals surface area contributed by atoms with Gasteiger partial charge in [-0.15, -0.1) is 0 Å². The molecule has 0 heterocycles. The maximum atomic E-state index is 12.1. The van der Waals surface area contributed by atoms with E-state index in [0.29, 0.717) is 12.3 Å². The zero-order chi connectivity index (χ0) is 12.0. The predicted molar refractivity (Wildman–Crippen MR) is 63.6 cm³/mol. The van der Waals surface area contributed by atoms with E-state index >= 15 is 0 Å². The Morgan fingerprint density at radius 2 is 2.19 bits per heavy atom. The molecule has 16 heavy (non-hydrogen) atoms. The van der Waals surface area contributed by atoms with Gasteiger partial charge in [0.2, 0.25) is 5.91 Å². The first-order chi connectivity index (χ1) is 7.72. The van der Waals surface area contributed by atoms with Gasteiger partial charge in [0.25, 0.3) is 0 Å². The van der Waals surface area contributed by atoms with Gasteiger partial charge in [0.05, 0.1) is 6.07 Å². The summed E-state index contributed by atoms with van der Waals surface area (Å²) in [6, 6.07) is 2.14. The lowest BCUT2D eigenvalue weighted by molar-refractivity contribution is -0.134. The van der Waals surface area contributed by atoms with Gasteiger partial charge in [0.1, 0.15) is 5.92 Å². The standard InChI is InChI=1S/C13H22N2O/c1-3-6-12(9-14)13(16)15(4-2)10-11-7-5-8-11/h11-12H,3-8,10H2,1-2H3. The zero-order valence-corrected chi connectivity index (χ0v) is 10.4. The van der Waals surface area contributed by atoms with Crippen LogP contribution >= 0.6 is 0 Å². The summed E-state index contributed by atoms with van der Waals surface area (Å²) in [5.41, 5.74) is 0. The highest BCUT2D eigenvalue weighted by molar-refractivity contribution is 5.81. The highest BCUT2D eigenvalue weighted by atomic mass is 16.2. The maximum Gasteiger partial charge on any atom is 0.239 e. The van der Waals surface area contributed by atoms with Crippen LogP contribution in [0.3, 0.4) is 0 Å². The van der Waals surface area contributed by atoms with E-state index < -0.39 is 5.92 Å². The maximum absolute atomic E-state index is 12.1. The van der Waals surface area contributed by atoms with Crippen molar-refractivity contribution >= 4 is 5.91 Å². The van der Waals surface area contributed by atoms with Crippen molar-refractivity contribution in [3.8, 4) is 6.07 Å². The molecule has 3 nitrogen and oxygen atoms in total. The third-order valence-electron chi connectivity index (χ3n) is 3.43. The van der Waals surface area contributed by atoms with Crippen molar-refractivity contribution < 1.29 is 4.79 Å². The highest BCUT2D eigenvalue weighted by Gasteiger charge is 2.26. The molecular formula is C13H22N2O. The van der Waals surface area contributed by atoms with Gasteiger partial charge in [0, 0.05) is 13.1 Å². The minimum Gasteiger partial charge on any atom is -0.342 e. The van der Waals surface area contributed by atoms with E-state index in [-0.39, 0.29) is 5.91 Å². The fourth-order valence-electron chi connectivity index (χ4n) is 2.11. The van der Waals surface area contributed by atoms with Crippen LogP contribution in [-0.2, 0) is 4.79 Å². The summed E-state index contributed by atoms with van der Waals surface area (Å²) in [5, 5.41) is 8.98. The zero-order valence-electron chi connectivity index (χ0n) is 10.4. The fourth-order valence-corrected chi connectivity index (χ4v) is 2.11. The molecule has 0 radical (unpaired) electrons. The van der Waals surface area contributed by atoms with Crippen LogP contribution in [0.5, 0.6) is 0 Å². The number of hydrogen-bond acceptors (Lipinski definition) is 2. The Hall–Kier alpha value is -1.04. The van der Waals surface area contributed by atoms with E-state index in [1.807, 2.05) is 18.7 Å². The van der Waals surface area contributed by atoms with Crippen LogP contribution in [0.2, 0.25) is 0 Å². The van der Waals surface area contributed by atoms with Gasteiger partial charge in [-0.3, -0.25) is 4.79 Å². The van der Waals surface area contributed by atoms with Gasteiger partial charge < -0.3 is 4.90 Å². The second-order valence-corrected chi connectivity index (χ2v) is 4.64. The van der Waals surface area contributed by atoms with Crippen molar-refractivity contribution in [3.05, 3.63) is 0 Å². The Morgan fingerprint density at radius 1 is 1.50 bits per heavy atom. The van der Waals surface area contributed by atoms with Crippen molar-refractivity contribution in [1.29, 1.82) is 5.26 Å². The van der Waals surface area contributed by atoms with Crippen LogP contribution in [0, 0.1) is 23.2 Å². The quantitative estimate of drug-likeness (QED) is 0.693. The van der Waals surface area contributed by atoms with Crippen LogP contribution < -0.4 is 0 Å². The fraction of sp³-hybridized carbons (Fsp3) is 0.846. The number of carbonyl (C=O) groups is 1. The van der Waals surface area contributed by atoms with Crippen LogP contribution in [0.4, 0.5) is 0 Å². The van der Waals surface area contributed by atoms with E-state index in [9.17, 15) is 4.79 Å². The molecule has 1 unspecified atom stereocenters. The summed E-state index contributed by atoms with van der Waals surface area (Å²) in [5.74, 6) is 0.300. The van der Waals surface area contributed by atoms with Gasteiger partial charge in [-0.2, -0.15) is 5.26 Å². The van der Waals surface area contributed by atoms with Gasteiger partial charge in [-0.25, -0.2) is 0 Å². The molecule has 1 rings (SSSR count). The smallest absolute Gasteiger partial charge is 0.239 e. The second kappa shape index (κ2) is 6.52. The Labute approximate surface area is 98.4 Å². The number of carbonyl (C=O) groups excluding carboxylic acids is 1. The van der Waals surface area contributed by atoms with Crippen molar-refractivity contribution in [2.45, 2.75) is 46.0 Å². The molecule has 90 valence electrons. The summed E-state index contributed by atoms with van der Waals surface area (Å²) in [4.78, 5) is 13.9. The topological polar surface area (TPSA) is 44.1 Å². The van der Waals surface area contributed by atoms with Gasteiger partial charge in [-0.1, -0.05) is 19.8 Å². The Balaban J connectivity index is 2.49. The number of hydrogen-bond donors (Lipinski definition) is 0. The summed E-state index contributed by atoms with van der Waals surface area (Å²) in [6.45, 7) is 5.60. The average Bonchev–Trinajstić information content (AvgIpc) is 2.24. The molecular weight excluding hydrogens is 200 g/mol. The first-order valence-electron chi connectivity index (χ1n) is 6.41. The summed E-state index contributed by atoms with van der Waals surface area (Å²) in [6.07, 6.45) is 5.37. The molecule has 1 amide bonds. The van der Waals surface area contributed by atoms with Crippen LogP contribution in [0.15, 0.2) is 0 Å². The van der Waals surface area contributed by atoms with Gasteiger partial charge in [-0.05, 0) is 32.1 Å². The molecule has 0 bridgehead atoms. The number of nitrogens with zero attached hydrogens (tertiary/aromatic N) is 2. The minimum absolute atomic E-state index is 0.0405. The molecule has 1 aliphatic carbocycles. The molecule has 1 atom stereocenters. The number of amides is 1. The molecule has 0 N–H and O–H groups in total. The predicted octanol–water partition coefficient (Wildman–Crippen LogP) is 2.57. The first-order valence-corrected chi connectivity index (χ1v) is 6.41. The van der Waals surface area contributed by atoms with E-state index in [4.69, 9.17) is 5.26 Å². The number of nitriles is 1. The highest BCUT2D eigenvalue weighted by Crippen LogP contribution is 2.27. The van der Waals surface area contributed by atoms with Crippen LogP contribution in [-0.4, -0.2) is 23.9 Å². The lowest BCUT2D eigenvalue weighted by atomic mass is 9.85. The summed E-state index contributed by atoms with van der Waals surface area (Å²) in [7, 11) is 0. The molecule has 0 aromatic carbocycles. The molecule has 0 aromatic heterocycles. The Kier molecular flexibility index (Phi) is 5.31. The lowest BCUT2D eigenvalue weighted by Gasteiger charge is -2.32. The molecule has 1 aliphatic rings. The average molecular weight is 222 g/mol. The van der Waals surface area contributed by atoms with Gasteiger partial charge >= 0.3 is 0 Å². The third kappa shape index (κ3) is 3.23. The van der Waals surface area contributed by atoms with Crippen molar-refractivity contribution in [1.82, 2.24) is 4.90 Å². The van der Waals surface area contributed by atoms with Gasteiger partial charge in [0.15, 0.2) is 0 Å². The SMILES string of the molecule is CCCC(C#N)C(=O)N(CC)CC1CCC1. The second-order valence-electron chi connectivity index (χ2n) is 4.64. The molecule has 0 spiro atoms. The number of rotatable bonds is 6. The summed E-state index contributed by atoms with van der Waals surface area (Å²) >= 11 is 0. The minimum atomic E-state index is -0.426. The van der Waals surface area contributed by atoms with Crippen molar-refractivity contribution in [2.24, 2.45) is 11.8 Å². The van der Waals surface area contributed by atoms with Crippen molar-refractivity contribution in [2.75, 3.05) is 13.1 Å². The first kappa shape index (κ1) is 13.0. The van der Waals surface area contributed by atoms with E-state index in [0.717, 1.165) is 19.5 Å². The Bertz CT molecular complexity index is 266. The van der Waals surface area contributed by atoms with E-state index in [1.165, 1.54) is 19.3 Å². The largest absolute Gasteiger partial charge is 0.342 e. The molecule has 0 aromatic rings. The molecule has 0 saturated heterocycles. The third-order valence-corrected chi connectivity index (χ3v) is 3.43. The molecule has 1 saturated carbocycles. The summed E-state index contributed by atoms with van der Waals surface area (Å²) < 4.78 is 0. The molecule has 3 heteroatoms. The Morgan fingerprint density at radius 3 is 2.56 bits per heavy atom. The van der Waals surface area contributed by atoms with Crippen molar-refractivity contribution in [3.63, 3.8) is 0 Å². The van der Waals surface area contributed by atoms with E-state index in [2.05, 4.69) is 6.07 Å². The monoisotopic (exact) mass is 222 g/mol. The van der Waals surface area contributed by atoms with Crippen LogP contribution in [0.25, 0.3) is 0 Å². The van der Waals surface area contributed by atoms with Crippen LogP contribution in [0.1, 0.15) is 46.0 Å². The molecule has 1 fully saturated rings.